The highest BCUT2D eigenvalue weighted by atomic mass is 32.2. The highest BCUT2D eigenvalue weighted by molar-refractivity contribution is 7.89. The van der Waals surface area contributed by atoms with Crippen LogP contribution in [0.25, 0.3) is 0 Å². The van der Waals surface area contributed by atoms with Crippen molar-refractivity contribution in [1.29, 1.82) is 0 Å². The first-order chi connectivity index (χ1) is 6.40. The van der Waals surface area contributed by atoms with Crippen LogP contribution < -0.4 is 0 Å². The minimum Gasteiger partial charge on any atom is -0.206 e. The summed E-state index contributed by atoms with van der Waals surface area (Å²) in [5, 5.41) is -5.46. The van der Waals surface area contributed by atoms with Gasteiger partial charge in [0.2, 0.25) is 0 Å². The molecule has 0 spiro atoms. The molecule has 0 aliphatic carbocycles. The zero-order valence-corrected chi connectivity index (χ0v) is 7.42. The normalized spacial score (nSPS) is 33.2. The van der Waals surface area contributed by atoms with E-state index >= 15 is 0 Å². The summed E-state index contributed by atoms with van der Waals surface area (Å²) in [4.78, 5) is 0. The molecule has 0 radical (unpaired) electrons. The third-order valence-corrected chi connectivity index (χ3v) is 3.29. The first-order valence-electron chi connectivity index (χ1n) is 3.15. The van der Waals surface area contributed by atoms with Crippen LogP contribution in [-0.4, -0.2) is 25.4 Å². The number of halogens is 6. The van der Waals surface area contributed by atoms with Gasteiger partial charge in [-0.1, -0.05) is 6.58 Å². The topological polar surface area (TPSA) is 43.4 Å². The van der Waals surface area contributed by atoms with Gasteiger partial charge in [-0.2, -0.15) is 30.2 Å². The van der Waals surface area contributed by atoms with Crippen LogP contribution in [0.4, 0.5) is 26.3 Å². The molecule has 0 aromatic carbocycles. The fourth-order valence-corrected chi connectivity index (χ4v) is 2.02. The Balaban J connectivity index is 3.39. The molecule has 1 aliphatic rings. The summed E-state index contributed by atoms with van der Waals surface area (Å²) in [6.45, 7) is 1.90. The third-order valence-electron chi connectivity index (χ3n) is 1.68. The van der Waals surface area contributed by atoms with Crippen molar-refractivity contribution in [3.05, 3.63) is 12.4 Å². The second-order valence-electron chi connectivity index (χ2n) is 2.63. The van der Waals surface area contributed by atoms with E-state index < -0.39 is 33.0 Å². The van der Waals surface area contributed by atoms with Gasteiger partial charge >= 0.3 is 27.2 Å². The minimum atomic E-state index is -5.90. The summed E-state index contributed by atoms with van der Waals surface area (Å²) in [6.07, 6.45) is -5.33. The van der Waals surface area contributed by atoms with Crippen molar-refractivity contribution in [1.82, 2.24) is 0 Å². The van der Waals surface area contributed by atoms with E-state index in [9.17, 15) is 34.8 Å². The summed E-state index contributed by atoms with van der Waals surface area (Å²) >= 11 is 0. The molecule has 1 fully saturated rings. The average Bonchev–Trinajstić information content (AvgIpc) is 1.99. The molecule has 1 atom stereocenters. The lowest BCUT2D eigenvalue weighted by molar-refractivity contribution is -0.322. The molecule has 1 rings (SSSR count). The molecule has 10 heteroatoms. The Labute approximate surface area is 79.4 Å². The first-order valence-corrected chi connectivity index (χ1v) is 4.55. The standard InChI is InChI=1S/C5H2F6O3S/c1-2(6)3(7,8)4(9)5(10,11)14-15(4,12)13/h1H2. The lowest BCUT2D eigenvalue weighted by atomic mass is 10.1. The van der Waals surface area contributed by atoms with Crippen LogP contribution in [0.2, 0.25) is 0 Å². The molecule has 3 nitrogen and oxygen atoms in total. The van der Waals surface area contributed by atoms with Crippen LogP contribution in [0.1, 0.15) is 0 Å². The van der Waals surface area contributed by atoms with Crippen LogP contribution >= 0.6 is 0 Å². The van der Waals surface area contributed by atoms with E-state index in [1.807, 2.05) is 6.58 Å². The monoisotopic (exact) mass is 256 g/mol. The SMILES string of the molecule is C=C(F)C(F)(F)C1(F)C(F)(F)OS1(=O)=O. The third kappa shape index (κ3) is 1.14. The molecule has 1 unspecified atom stereocenters. The predicted octanol–water partition coefficient (Wildman–Crippen LogP) is 1.72. The molecule has 0 N–H and O–H groups in total. The van der Waals surface area contributed by atoms with Crippen molar-refractivity contribution in [3.8, 4) is 0 Å². The average molecular weight is 256 g/mol. The van der Waals surface area contributed by atoms with Crippen molar-refractivity contribution in [2.75, 3.05) is 0 Å². The van der Waals surface area contributed by atoms with Gasteiger partial charge in [-0.3, -0.25) is 0 Å². The number of alkyl halides is 5. The maximum absolute atomic E-state index is 13.0. The van der Waals surface area contributed by atoms with Crippen molar-refractivity contribution >= 4 is 10.1 Å². The van der Waals surface area contributed by atoms with Crippen molar-refractivity contribution in [3.63, 3.8) is 0 Å². The fraction of sp³-hybridized carbons (Fsp3) is 0.600. The van der Waals surface area contributed by atoms with E-state index in [4.69, 9.17) is 0 Å². The zero-order valence-electron chi connectivity index (χ0n) is 6.61. The molecule has 0 saturated carbocycles. The highest BCUT2D eigenvalue weighted by Gasteiger charge is 2.90. The molecular formula is C5H2F6O3S. The molecule has 1 aliphatic heterocycles. The molecule has 1 heterocycles. The van der Waals surface area contributed by atoms with Gasteiger partial charge in [0, 0.05) is 0 Å². The lowest BCUT2D eigenvalue weighted by Crippen LogP contribution is -2.72. The van der Waals surface area contributed by atoms with Crippen molar-refractivity contribution in [2.45, 2.75) is 17.0 Å². The van der Waals surface area contributed by atoms with Crippen molar-refractivity contribution < 1.29 is 38.9 Å². The summed E-state index contributed by atoms with van der Waals surface area (Å²) < 4.78 is 98.1. The minimum absolute atomic E-state index is 1.90. The first kappa shape index (κ1) is 12.3. The summed E-state index contributed by atoms with van der Waals surface area (Å²) in [5.41, 5.74) is 0. The van der Waals surface area contributed by atoms with Crippen LogP contribution in [-0.2, 0) is 14.3 Å². The molecule has 88 valence electrons. The summed E-state index contributed by atoms with van der Waals surface area (Å²) in [5.74, 6) is -8.43. The lowest BCUT2D eigenvalue weighted by Gasteiger charge is -2.42. The Morgan fingerprint density at radius 3 is 1.80 bits per heavy atom. The second-order valence-corrected chi connectivity index (χ2v) is 4.27. The molecule has 15 heavy (non-hydrogen) atoms. The van der Waals surface area contributed by atoms with Gasteiger partial charge in [0.05, 0.1) is 0 Å². The fourth-order valence-electron chi connectivity index (χ4n) is 0.875. The number of hydrogen-bond donors (Lipinski definition) is 0. The zero-order chi connectivity index (χ0) is 12.3. The Hall–Kier alpha value is -0.770. The Bertz CT molecular complexity index is 414. The number of hydrogen-bond acceptors (Lipinski definition) is 3. The summed E-state index contributed by atoms with van der Waals surface area (Å²) in [7, 11) is -5.90. The van der Waals surface area contributed by atoms with Crippen LogP contribution in [0.5, 0.6) is 0 Å². The van der Waals surface area contributed by atoms with E-state index in [0.717, 1.165) is 0 Å². The van der Waals surface area contributed by atoms with Gasteiger partial charge < -0.3 is 0 Å². The molecule has 0 bridgehead atoms. The maximum atomic E-state index is 13.0. The maximum Gasteiger partial charge on any atom is 0.427 e. The predicted molar refractivity (Wildman–Crippen MR) is 34.0 cm³/mol. The Kier molecular flexibility index (Phi) is 2.19. The van der Waals surface area contributed by atoms with Gasteiger partial charge in [-0.15, -0.1) is 0 Å². The van der Waals surface area contributed by atoms with Crippen LogP contribution in [0, 0.1) is 0 Å². The highest BCUT2D eigenvalue weighted by Crippen LogP contribution is 2.59. The summed E-state index contributed by atoms with van der Waals surface area (Å²) in [6, 6.07) is 0. The molecule has 0 aromatic heterocycles. The quantitative estimate of drug-likeness (QED) is 0.558. The van der Waals surface area contributed by atoms with Gasteiger partial charge in [0.15, 0.2) is 5.83 Å². The van der Waals surface area contributed by atoms with Crippen molar-refractivity contribution in [2.24, 2.45) is 0 Å². The molecule has 1 saturated heterocycles. The van der Waals surface area contributed by atoms with Gasteiger partial charge in [0.1, 0.15) is 0 Å². The van der Waals surface area contributed by atoms with E-state index in [0.29, 0.717) is 0 Å². The second kappa shape index (κ2) is 2.67. The van der Waals surface area contributed by atoms with Gasteiger partial charge in [-0.05, 0) is 0 Å². The largest absolute Gasteiger partial charge is 0.427 e. The molecule has 0 amide bonds. The van der Waals surface area contributed by atoms with E-state index in [1.165, 1.54) is 0 Å². The van der Waals surface area contributed by atoms with E-state index in [-0.39, 0.29) is 0 Å². The van der Waals surface area contributed by atoms with Gasteiger partial charge in [0.25, 0.3) is 0 Å². The molecule has 0 aromatic rings. The number of rotatable bonds is 2. The number of allylic oxidation sites excluding steroid dienone is 1. The Morgan fingerprint density at radius 1 is 1.27 bits per heavy atom. The van der Waals surface area contributed by atoms with Crippen LogP contribution in [0.15, 0.2) is 12.4 Å². The van der Waals surface area contributed by atoms with Gasteiger partial charge in [-0.25, -0.2) is 8.78 Å². The molecular weight excluding hydrogens is 254 g/mol. The van der Waals surface area contributed by atoms with Crippen LogP contribution in [0.3, 0.4) is 0 Å². The van der Waals surface area contributed by atoms with E-state index in [2.05, 4.69) is 4.18 Å². The van der Waals surface area contributed by atoms with E-state index in [1.54, 1.807) is 0 Å². The smallest absolute Gasteiger partial charge is 0.206 e. The Morgan fingerprint density at radius 2 is 1.67 bits per heavy atom.